The first-order chi connectivity index (χ1) is 9.98. The molecule has 112 valence electrons. The smallest absolute Gasteiger partial charge is 0.234 e. The van der Waals surface area contributed by atoms with Crippen LogP contribution in [0.5, 0.6) is 0 Å². The number of benzene rings is 1. The first kappa shape index (κ1) is 15.9. The van der Waals surface area contributed by atoms with Crippen LogP contribution in [0.15, 0.2) is 24.3 Å². The average Bonchev–Trinajstić information content (AvgIpc) is 2.79. The van der Waals surface area contributed by atoms with Crippen LogP contribution in [0, 0.1) is 11.3 Å². The second-order valence-corrected chi connectivity index (χ2v) is 8.43. The normalized spacial score (nSPS) is 19.9. The van der Waals surface area contributed by atoms with Gasteiger partial charge >= 0.3 is 0 Å². The number of hydrogen-bond acceptors (Lipinski definition) is 5. The van der Waals surface area contributed by atoms with E-state index in [-0.39, 0.29) is 28.4 Å². The zero-order valence-electron chi connectivity index (χ0n) is 11.4. The monoisotopic (exact) mass is 324 g/mol. The van der Waals surface area contributed by atoms with Gasteiger partial charge in [-0.2, -0.15) is 5.26 Å². The van der Waals surface area contributed by atoms with Gasteiger partial charge in [-0.05, 0) is 24.1 Å². The lowest BCUT2D eigenvalue weighted by atomic mass is 10.1. The van der Waals surface area contributed by atoms with Crippen LogP contribution in [0.3, 0.4) is 0 Å². The lowest BCUT2D eigenvalue weighted by molar-refractivity contribution is -0.113. The molecule has 2 rings (SSSR count). The molecule has 5 nitrogen and oxygen atoms in total. The van der Waals surface area contributed by atoms with E-state index in [4.69, 9.17) is 5.26 Å². The van der Waals surface area contributed by atoms with E-state index in [9.17, 15) is 13.2 Å². The van der Waals surface area contributed by atoms with E-state index in [0.717, 1.165) is 5.56 Å². The molecule has 1 aliphatic heterocycles. The topological polar surface area (TPSA) is 87.0 Å². The molecule has 0 saturated carbocycles. The number of thioether (sulfide) groups is 1. The minimum atomic E-state index is -2.89. The molecule has 1 heterocycles. The Morgan fingerprint density at radius 1 is 1.38 bits per heavy atom. The highest BCUT2D eigenvalue weighted by atomic mass is 32.2. The van der Waals surface area contributed by atoms with Crippen molar-refractivity contribution in [1.29, 1.82) is 5.26 Å². The number of amides is 1. The summed E-state index contributed by atoms with van der Waals surface area (Å²) in [6, 6.07) is 9.18. The maximum Gasteiger partial charge on any atom is 0.234 e. The van der Waals surface area contributed by atoms with Crippen molar-refractivity contribution in [2.75, 3.05) is 22.6 Å². The molecule has 1 saturated heterocycles. The van der Waals surface area contributed by atoms with Gasteiger partial charge in [-0.1, -0.05) is 12.1 Å². The van der Waals surface area contributed by atoms with Gasteiger partial charge in [0.15, 0.2) is 9.84 Å². The van der Waals surface area contributed by atoms with Gasteiger partial charge in [-0.3, -0.25) is 4.79 Å². The molecule has 1 atom stereocenters. The minimum absolute atomic E-state index is 0.0266. The van der Waals surface area contributed by atoms with Gasteiger partial charge in [0.05, 0.1) is 29.7 Å². The summed E-state index contributed by atoms with van der Waals surface area (Å²) in [4.78, 5) is 11.8. The number of anilines is 1. The number of sulfone groups is 1. The lowest BCUT2D eigenvalue weighted by Gasteiger charge is -2.08. The van der Waals surface area contributed by atoms with E-state index in [1.165, 1.54) is 11.8 Å². The van der Waals surface area contributed by atoms with Crippen LogP contribution in [0.2, 0.25) is 0 Å². The Labute approximate surface area is 128 Å². The Balaban J connectivity index is 1.78. The lowest BCUT2D eigenvalue weighted by Crippen LogP contribution is -2.17. The highest BCUT2D eigenvalue weighted by Crippen LogP contribution is 2.24. The molecule has 1 aromatic carbocycles. The molecule has 1 aliphatic rings. The molecule has 7 heteroatoms. The number of nitrogens with zero attached hydrogens (tertiary/aromatic N) is 1. The van der Waals surface area contributed by atoms with Gasteiger partial charge in [-0.15, -0.1) is 11.8 Å². The first-order valence-electron chi connectivity index (χ1n) is 6.56. The van der Waals surface area contributed by atoms with Crippen molar-refractivity contribution >= 4 is 33.2 Å². The van der Waals surface area contributed by atoms with Crippen LogP contribution in [0.4, 0.5) is 5.69 Å². The summed E-state index contributed by atoms with van der Waals surface area (Å²) in [7, 11) is -2.89. The number of carbonyl (C=O) groups is 1. The number of nitrogens with one attached hydrogen (secondary N) is 1. The number of carbonyl (C=O) groups excluding carboxylic acids is 1. The standard InChI is InChI=1S/C14H16N2O3S2/c15-7-5-11-1-3-12(4-2-11)16-14(17)9-20-13-6-8-21(18,19)10-13/h1-4,13H,5-6,8-10H2,(H,16,17)/t13-/m0/s1. The van der Waals surface area contributed by atoms with E-state index in [1.54, 1.807) is 24.3 Å². The maximum absolute atomic E-state index is 11.8. The predicted molar refractivity (Wildman–Crippen MR) is 83.9 cm³/mol. The summed E-state index contributed by atoms with van der Waals surface area (Å²) < 4.78 is 22.7. The third kappa shape index (κ3) is 5.06. The molecule has 0 unspecified atom stereocenters. The Hall–Kier alpha value is -1.52. The van der Waals surface area contributed by atoms with Crippen molar-refractivity contribution in [3.63, 3.8) is 0 Å². The molecule has 1 fully saturated rings. The van der Waals surface area contributed by atoms with Crippen molar-refractivity contribution in [3.8, 4) is 6.07 Å². The summed E-state index contributed by atoms with van der Waals surface area (Å²) in [5.74, 6) is 0.512. The third-order valence-corrected chi connectivity index (χ3v) is 6.44. The highest BCUT2D eigenvalue weighted by Gasteiger charge is 2.28. The molecule has 1 aromatic rings. The van der Waals surface area contributed by atoms with Gasteiger partial charge in [0.2, 0.25) is 5.91 Å². The second-order valence-electron chi connectivity index (χ2n) is 4.92. The molecule has 0 spiro atoms. The Bertz CT molecular complexity index is 648. The van der Waals surface area contributed by atoms with Crippen LogP contribution < -0.4 is 5.32 Å². The van der Waals surface area contributed by atoms with Crippen LogP contribution in [0.1, 0.15) is 12.0 Å². The molecule has 1 amide bonds. The van der Waals surface area contributed by atoms with E-state index in [2.05, 4.69) is 11.4 Å². The van der Waals surface area contributed by atoms with Crippen LogP contribution in [-0.4, -0.2) is 36.8 Å². The van der Waals surface area contributed by atoms with Crippen LogP contribution in [-0.2, 0) is 21.1 Å². The summed E-state index contributed by atoms with van der Waals surface area (Å²) in [5, 5.41) is 11.4. The molecular weight excluding hydrogens is 308 g/mol. The summed E-state index contributed by atoms with van der Waals surface area (Å²) >= 11 is 1.39. The third-order valence-electron chi connectivity index (χ3n) is 3.16. The molecule has 21 heavy (non-hydrogen) atoms. The average molecular weight is 324 g/mol. The summed E-state index contributed by atoms with van der Waals surface area (Å²) in [6.45, 7) is 0. The maximum atomic E-state index is 11.8. The van der Waals surface area contributed by atoms with Gasteiger partial charge < -0.3 is 5.32 Å². The molecule has 0 bridgehead atoms. The molecule has 0 radical (unpaired) electrons. The SMILES string of the molecule is N#CCc1ccc(NC(=O)CS[C@H]2CCS(=O)(=O)C2)cc1. The van der Waals surface area contributed by atoms with E-state index in [0.29, 0.717) is 18.5 Å². The molecule has 0 aromatic heterocycles. The molecular formula is C14H16N2O3S2. The van der Waals surface area contributed by atoms with Crippen molar-refractivity contribution in [1.82, 2.24) is 0 Å². The van der Waals surface area contributed by atoms with E-state index < -0.39 is 9.84 Å². The molecule has 0 aliphatic carbocycles. The molecule has 1 N–H and O–H groups in total. The zero-order valence-corrected chi connectivity index (χ0v) is 13.0. The number of rotatable bonds is 5. The van der Waals surface area contributed by atoms with Gasteiger partial charge in [0.1, 0.15) is 0 Å². The Morgan fingerprint density at radius 2 is 2.10 bits per heavy atom. The fourth-order valence-electron chi connectivity index (χ4n) is 2.08. The zero-order chi connectivity index (χ0) is 15.3. The predicted octanol–water partition coefficient (Wildman–Crippen LogP) is 1.61. The fourth-order valence-corrected chi connectivity index (χ4v) is 5.52. The highest BCUT2D eigenvalue weighted by molar-refractivity contribution is 8.02. The van der Waals surface area contributed by atoms with Crippen molar-refractivity contribution < 1.29 is 13.2 Å². The number of nitriles is 1. The quantitative estimate of drug-likeness (QED) is 0.889. The van der Waals surface area contributed by atoms with Gasteiger partial charge in [0.25, 0.3) is 0 Å². The largest absolute Gasteiger partial charge is 0.325 e. The van der Waals surface area contributed by atoms with Crippen LogP contribution >= 0.6 is 11.8 Å². The van der Waals surface area contributed by atoms with Crippen molar-refractivity contribution in [2.24, 2.45) is 0 Å². The van der Waals surface area contributed by atoms with Crippen molar-refractivity contribution in [3.05, 3.63) is 29.8 Å². The summed E-state index contributed by atoms with van der Waals surface area (Å²) in [5.41, 5.74) is 1.59. The van der Waals surface area contributed by atoms with E-state index >= 15 is 0 Å². The fraction of sp³-hybridized carbons (Fsp3) is 0.429. The van der Waals surface area contributed by atoms with E-state index in [1.807, 2.05) is 0 Å². The van der Waals surface area contributed by atoms with Crippen LogP contribution in [0.25, 0.3) is 0 Å². The first-order valence-corrected chi connectivity index (χ1v) is 9.43. The second kappa shape index (κ2) is 6.96. The Kier molecular flexibility index (Phi) is 5.26. The van der Waals surface area contributed by atoms with Gasteiger partial charge in [-0.25, -0.2) is 8.42 Å². The number of hydrogen-bond donors (Lipinski definition) is 1. The van der Waals surface area contributed by atoms with Gasteiger partial charge in [0, 0.05) is 10.9 Å². The van der Waals surface area contributed by atoms with Crippen molar-refractivity contribution in [2.45, 2.75) is 18.1 Å². The minimum Gasteiger partial charge on any atom is -0.325 e. The Morgan fingerprint density at radius 3 is 2.67 bits per heavy atom. The summed E-state index contributed by atoms with van der Waals surface area (Å²) in [6.07, 6.45) is 0.976.